The Morgan fingerprint density at radius 1 is 1.21 bits per heavy atom. The quantitative estimate of drug-likeness (QED) is 0.587. The number of phenolic OH excluding ortho intramolecular Hbond substituents is 1. The van der Waals surface area contributed by atoms with Crippen molar-refractivity contribution in [2.24, 2.45) is 4.99 Å². The van der Waals surface area contributed by atoms with Crippen molar-refractivity contribution in [2.75, 3.05) is 7.11 Å². The van der Waals surface area contributed by atoms with E-state index in [1.54, 1.807) is 70.4 Å². The highest BCUT2D eigenvalue weighted by Gasteiger charge is 2.33. The van der Waals surface area contributed by atoms with Gasteiger partial charge in [0.2, 0.25) is 0 Å². The summed E-state index contributed by atoms with van der Waals surface area (Å²) in [5, 5.41) is 9.77. The lowest BCUT2D eigenvalue weighted by molar-refractivity contribution is -0.143. The number of carbonyl (C=O) groups is 1. The largest absolute Gasteiger partial charge is 0.508 e. The van der Waals surface area contributed by atoms with Gasteiger partial charge in [-0.25, -0.2) is 9.79 Å². The molecule has 0 aliphatic carbocycles. The first kappa shape index (κ1) is 22.5. The molecule has 0 saturated heterocycles. The van der Waals surface area contributed by atoms with Crippen molar-refractivity contribution in [3.63, 3.8) is 0 Å². The van der Waals surface area contributed by atoms with Crippen LogP contribution in [-0.2, 0) is 9.53 Å². The fourth-order valence-electron chi connectivity index (χ4n) is 3.73. The molecule has 8 heteroatoms. The number of thiazole rings is 1. The highest BCUT2D eigenvalue weighted by molar-refractivity contribution is 7.07. The highest BCUT2D eigenvalue weighted by Crippen LogP contribution is 2.31. The molecule has 0 unspecified atom stereocenters. The van der Waals surface area contributed by atoms with E-state index in [0.29, 0.717) is 31.9 Å². The standard InChI is InChI=1S/C25H24N2O5S/c1-14(2)32-24(30)21-15(3)26-25-27(22(21)17-8-10-19(31-4)11-9-17)23(29)20(33-25)13-16-6-5-7-18(28)12-16/h5-14,22,28H,1-4H3/b20-13-/t22-/m0/s1. The van der Waals surface area contributed by atoms with E-state index in [1.165, 1.54) is 15.9 Å². The van der Waals surface area contributed by atoms with Crippen molar-refractivity contribution in [1.29, 1.82) is 0 Å². The van der Waals surface area contributed by atoms with E-state index < -0.39 is 12.0 Å². The van der Waals surface area contributed by atoms with Crippen molar-refractivity contribution in [1.82, 2.24) is 4.57 Å². The van der Waals surface area contributed by atoms with Gasteiger partial charge in [0.15, 0.2) is 4.80 Å². The number of methoxy groups -OCH3 is 1. The number of phenols is 1. The minimum atomic E-state index is -0.690. The van der Waals surface area contributed by atoms with Gasteiger partial charge >= 0.3 is 5.97 Å². The predicted molar refractivity (Wildman–Crippen MR) is 126 cm³/mol. The van der Waals surface area contributed by atoms with Crippen LogP contribution in [0.4, 0.5) is 0 Å². The van der Waals surface area contributed by atoms with E-state index in [2.05, 4.69) is 4.99 Å². The maximum atomic E-state index is 13.5. The van der Waals surface area contributed by atoms with Gasteiger partial charge in [0.1, 0.15) is 11.5 Å². The zero-order chi connectivity index (χ0) is 23.7. The number of benzene rings is 2. The molecule has 1 aliphatic heterocycles. The van der Waals surface area contributed by atoms with Gasteiger partial charge in [-0.2, -0.15) is 0 Å². The van der Waals surface area contributed by atoms with Crippen LogP contribution in [0, 0.1) is 0 Å². The fraction of sp³-hybridized carbons (Fsp3) is 0.240. The van der Waals surface area contributed by atoms with Crippen molar-refractivity contribution in [3.8, 4) is 11.5 Å². The third kappa shape index (κ3) is 4.47. The molecular formula is C25H24N2O5S. The number of allylic oxidation sites excluding steroid dienone is 1. The molecule has 33 heavy (non-hydrogen) atoms. The topological polar surface area (TPSA) is 90.1 Å². The van der Waals surface area contributed by atoms with Crippen LogP contribution >= 0.6 is 11.3 Å². The Labute approximate surface area is 194 Å². The van der Waals surface area contributed by atoms with Crippen LogP contribution < -0.4 is 19.6 Å². The summed E-state index contributed by atoms with van der Waals surface area (Å²) in [6.45, 7) is 5.31. The van der Waals surface area contributed by atoms with E-state index in [9.17, 15) is 14.7 Å². The minimum absolute atomic E-state index is 0.113. The molecule has 1 N–H and O–H groups in total. The van der Waals surface area contributed by atoms with Gasteiger partial charge in [0.25, 0.3) is 5.56 Å². The van der Waals surface area contributed by atoms with Gasteiger partial charge in [-0.3, -0.25) is 9.36 Å². The van der Waals surface area contributed by atoms with E-state index in [0.717, 1.165) is 5.56 Å². The highest BCUT2D eigenvalue weighted by atomic mass is 32.1. The third-order valence-corrected chi connectivity index (χ3v) is 6.17. The average molecular weight is 465 g/mol. The maximum absolute atomic E-state index is 13.5. The van der Waals surface area contributed by atoms with E-state index >= 15 is 0 Å². The monoisotopic (exact) mass is 464 g/mol. The second-order valence-corrected chi connectivity index (χ2v) is 8.91. The molecular weight excluding hydrogens is 440 g/mol. The summed E-state index contributed by atoms with van der Waals surface area (Å²) in [5.41, 5.74) is 1.99. The smallest absolute Gasteiger partial charge is 0.338 e. The van der Waals surface area contributed by atoms with E-state index in [1.807, 2.05) is 12.1 Å². The molecule has 0 amide bonds. The Kier molecular flexibility index (Phi) is 6.20. The van der Waals surface area contributed by atoms with E-state index in [-0.39, 0.29) is 17.4 Å². The van der Waals surface area contributed by atoms with Crippen LogP contribution in [0.25, 0.3) is 6.08 Å². The number of nitrogens with zero attached hydrogens (tertiary/aromatic N) is 2. The molecule has 2 aromatic carbocycles. The summed E-state index contributed by atoms with van der Waals surface area (Å²) in [6, 6.07) is 13.2. The SMILES string of the molecule is COc1ccc([C@H]2C(C(=O)OC(C)C)=C(C)N=c3s/c(=C\c4cccc(O)c4)c(=O)n32)cc1. The Hall–Kier alpha value is -3.65. The van der Waals surface area contributed by atoms with Crippen molar-refractivity contribution in [3.05, 3.63) is 90.6 Å². The average Bonchev–Trinajstić information content (AvgIpc) is 3.07. The van der Waals surface area contributed by atoms with Gasteiger partial charge in [-0.1, -0.05) is 35.6 Å². The van der Waals surface area contributed by atoms with Crippen LogP contribution in [0.1, 0.15) is 37.9 Å². The second kappa shape index (κ2) is 9.07. The Bertz CT molecular complexity index is 1410. The number of hydrogen-bond acceptors (Lipinski definition) is 7. The van der Waals surface area contributed by atoms with Crippen molar-refractivity contribution in [2.45, 2.75) is 32.9 Å². The first-order valence-electron chi connectivity index (χ1n) is 10.4. The molecule has 1 atom stereocenters. The Morgan fingerprint density at radius 3 is 2.58 bits per heavy atom. The second-order valence-electron chi connectivity index (χ2n) is 7.90. The van der Waals surface area contributed by atoms with Crippen LogP contribution in [-0.4, -0.2) is 28.9 Å². The zero-order valence-electron chi connectivity index (χ0n) is 18.7. The van der Waals surface area contributed by atoms with Gasteiger partial charge in [-0.15, -0.1) is 0 Å². The van der Waals surface area contributed by atoms with Crippen LogP contribution in [0.3, 0.4) is 0 Å². The number of ether oxygens (including phenoxy) is 2. The molecule has 170 valence electrons. The van der Waals surface area contributed by atoms with Crippen LogP contribution in [0.5, 0.6) is 11.5 Å². The van der Waals surface area contributed by atoms with Gasteiger partial charge in [0, 0.05) is 0 Å². The maximum Gasteiger partial charge on any atom is 0.338 e. The Balaban J connectivity index is 1.94. The normalized spacial score (nSPS) is 15.9. The fourth-order valence-corrected chi connectivity index (χ4v) is 4.77. The lowest BCUT2D eigenvalue weighted by Gasteiger charge is -2.25. The molecule has 1 aliphatic rings. The summed E-state index contributed by atoms with van der Waals surface area (Å²) in [5.74, 6) is 0.276. The number of hydrogen-bond donors (Lipinski definition) is 1. The summed E-state index contributed by atoms with van der Waals surface area (Å²) in [7, 11) is 1.58. The summed E-state index contributed by atoms with van der Waals surface area (Å²) in [6.07, 6.45) is 1.39. The zero-order valence-corrected chi connectivity index (χ0v) is 19.6. The predicted octanol–water partition coefficient (Wildman–Crippen LogP) is 2.90. The summed E-state index contributed by atoms with van der Waals surface area (Å²) < 4.78 is 12.7. The number of rotatable bonds is 5. The molecule has 2 heterocycles. The van der Waals surface area contributed by atoms with Crippen molar-refractivity contribution >= 4 is 23.4 Å². The van der Waals surface area contributed by atoms with Gasteiger partial charge in [-0.05, 0) is 62.2 Å². The van der Waals surface area contributed by atoms with Gasteiger partial charge in [0.05, 0.1) is 35.1 Å². The number of fused-ring (bicyclic) bond motifs is 1. The first-order valence-corrected chi connectivity index (χ1v) is 11.3. The third-order valence-electron chi connectivity index (χ3n) is 5.18. The molecule has 3 aromatic rings. The Morgan fingerprint density at radius 2 is 1.94 bits per heavy atom. The molecule has 1 aromatic heterocycles. The van der Waals surface area contributed by atoms with Gasteiger partial charge < -0.3 is 14.6 Å². The molecule has 0 radical (unpaired) electrons. The lowest BCUT2D eigenvalue weighted by Crippen LogP contribution is -2.40. The minimum Gasteiger partial charge on any atom is -0.508 e. The molecule has 0 bridgehead atoms. The number of esters is 1. The summed E-state index contributed by atoms with van der Waals surface area (Å²) >= 11 is 1.24. The molecule has 0 saturated carbocycles. The number of carbonyl (C=O) groups excluding carboxylic acids is 1. The van der Waals surface area contributed by atoms with Crippen molar-refractivity contribution < 1.29 is 19.4 Å². The summed E-state index contributed by atoms with van der Waals surface area (Å²) in [4.78, 5) is 31.7. The number of aromatic nitrogens is 1. The van der Waals surface area contributed by atoms with Crippen LogP contribution in [0.15, 0.2) is 69.6 Å². The molecule has 4 rings (SSSR count). The molecule has 0 spiro atoms. The molecule has 0 fully saturated rings. The van der Waals surface area contributed by atoms with E-state index in [4.69, 9.17) is 9.47 Å². The lowest BCUT2D eigenvalue weighted by atomic mass is 9.96. The number of aromatic hydroxyl groups is 1. The molecule has 7 nitrogen and oxygen atoms in total. The van der Waals surface area contributed by atoms with Crippen LogP contribution in [0.2, 0.25) is 0 Å². The first-order chi connectivity index (χ1) is 15.8.